The molecule has 40 heavy (non-hydrogen) atoms. The number of carbonyl (C=O) groups excluding carboxylic acids is 1. The fourth-order valence-corrected chi connectivity index (χ4v) is 5.60. The van der Waals surface area contributed by atoms with Gasteiger partial charge in [0.05, 0.1) is 42.2 Å². The molecule has 1 atom stereocenters. The lowest BCUT2D eigenvalue weighted by molar-refractivity contribution is -0.138. The van der Waals surface area contributed by atoms with Gasteiger partial charge < -0.3 is 14.2 Å². The van der Waals surface area contributed by atoms with E-state index in [0.29, 0.717) is 44.3 Å². The van der Waals surface area contributed by atoms with Crippen LogP contribution in [0.2, 0.25) is 0 Å². The topological polar surface area (TPSA) is 79.1 Å². The molecule has 204 valence electrons. The maximum atomic E-state index is 13.9. The predicted octanol–water partition coefficient (Wildman–Crippen LogP) is 4.48. The number of nitrogens with zero attached hydrogens (tertiary/aromatic N) is 2. The van der Waals surface area contributed by atoms with Gasteiger partial charge >= 0.3 is 5.97 Å². The van der Waals surface area contributed by atoms with Crippen LogP contribution < -0.4 is 24.4 Å². The van der Waals surface area contributed by atoms with E-state index in [9.17, 15) is 14.0 Å². The smallest absolute Gasteiger partial charge is 0.338 e. The van der Waals surface area contributed by atoms with Crippen LogP contribution >= 0.6 is 11.3 Å². The molecule has 5 rings (SSSR count). The fourth-order valence-electron chi connectivity index (χ4n) is 4.60. The van der Waals surface area contributed by atoms with E-state index in [0.717, 1.165) is 5.56 Å². The number of hydrogen-bond donors (Lipinski definition) is 0. The number of ether oxygens (including phenoxy) is 3. The summed E-state index contributed by atoms with van der Waals surface area (Å²) in [6.45, 7) is 4.20. The van der Waals surface area contributed by atoms with Crippen LogP contribution in [0.15, 0.2) is 88.2 Å². The number of thiazole rings is 1. The van der Waals surface area contributed by atoms with Crippen LogP contribution in [0.5, 0.6) is 11.5 Å². The lowest BCUT2D eigenvalue weighted by Crippen LogP contribution is -2.40. The number of aromatic nitrogens is 1. The molecular weight excluding hydrogens is 531 g/mol. The number of benzene rings is 3. The minimum absolute atomic E-state index is 0.143. The number of rotatable bonds is 8. The molecule has 0 amide bonds. The van der Waals surface area contributed by atoms with Crippen molar-refractivity contribution in [3.05, 3.63) is 121 Å². The number of halogens is 1. The van der Waals surface area contributed by atoms with Gasteiger partial charge in [-0.3, -0.25) is 9.36 Å². The van der Waals surface area contributed by atoms with Gasteiger partial charge in [-0.05, 0) is 55.3 Å². The molecule has 1 aliphatic heterocycles. The third-order valence-electron chi connectivity index (χ3n) is 6.34. The highest BCUT2D eigenvalue weighted by Crippen LogP contribution is 2.35. The van der Waals surface area contributed by atoms with Crippen molar-refractivity contribution in [2.75, 3.05) is 20.3 Å². The molecule has 0 radical (unpaired) electrons. The number of methoxy groups -OCH3 is 1. The Hall–Kier alpha value is -4.50. The third kappa shape index (κ3) is 5.20. The molecule has 4 aromatic rings. The SMILES string of the molecule is CCOC(=O)C1=C(c2ccccc2)N=c2sc(=Cc3ccc(OC)c(OCC)c3)c(=O)n2C1c1ccc(F)cc1. The first-order valence-electron chi connectivity index (χ1n) is 12.8. The van der Waals surface area contributed by atoms with Crippen molar-refractivity contribution in [1.82, 2.24) is 4.57 Å². The third-order valence-corrected chi connectivity index (χ3v) is 7.33. The molecule has 1 aromatic heterocycles. The minimum atomic E-state index is -0.872. The maximum Gasteiger partial charge on any atom is 0.338 e. The number of hydrogen-bond acceptors (Lipinski definition) is 7. The van der Waals surface area contributed by atoms with E-state index in [1.165, 1.54) is 28.0 Å². The van der Waals surface area contributed by atoms with E-state index in [1.807, 2.05) is 43.3 Å². The standard InChI is InChI=1S/C31H27FN2O5S/c1-4-38-24-17-19(11-16-23(24)37-3)18-25-29(35)34-28(21-12-14-22(32)15-13-21)26(30(36)39-5-2)27(33-31(34)40-25)20-9-7-6-8-10-20/h6-18,28H,4-5H2,1-3H3. The van der Waals surface area contributed by atoms with Crippen LogP contribution in [-0.4, -0.2) is 30.9 Å². The van der Waals surface area contributed by atoms with Gasteiger partial charge in [-0.15, -0.1) is 0 Å². The molecule has 0 fully saturated rings. The van der Waals surface area contributed by atoms with Gasteiger partial charge in [0.25, 0.3) is 5.56 Å². The van der Waals surface area contributed by atoms with Crippen LogP contribution in [0, 0.1) is 5.82 Å². The zero-order chi connectivity index (χ0) is 28.2. The van der Waals surface area contributed by atoms with Crippen molar-refractivity contribution < 1.29 is 23.4 Å². The lowest BCUT2D eigenvalue weighted by atomic mass is 9.93. The van der Waals surface area contributed by atoms with Gasteiger partial charge in [-0.25, -0.2) is 14.2 Å². The van der Waals surface area contributed by atoms with Crippen molar-refractivity contribution in [3.63, 3.8) is 0 Å². The average molecular weight is 559 g/mol. The Morgan fingerprint density at radius 1 is 1.02 bits per heavy atom. The first kappa shape index (κ1) is 27.1. The van der Waals surface area contributed by atoms with Crippen LogP contribution in [0.4, 0.5) is 4.39 Å². The van der Waals surface area contributed by atoms with Crippen molar-refractivity contribution >= 4 is 29.1 Å². The number of esters is 1. The second-order valence-corrected chi connectivity index (χ2v) is 9.84. The highest BCUT2D eigenvalue weighted by atomic mass is 32.1. The van der Waals surface area contributed by atoms with Crippen LogP contribution in [0.1, 0.15) is 36.6 Å². The molecule has 0 saturated heterocycles. The number of carbonyl (C=O) groups is 1. The summed E-state index contributed by atoms with van der Waals surface area (Å²) in [5.41, 5.74) is 2.28. The molecule has 0 bridgehead atoms. The molecule has 0 aliphatic carbocycles. The normalized spacial score (nSPS) is 14.9. The average Bonchev–Trinajstić information content (AvgIpc) is 3.28. The molecular formula is C31H27FN2O5S. The zero-order valence-electron chi connectivity index (χ0n) is 22.2. The van der Waals surface area contributed by atoms with Gasteiger partial charge in [-0.1, -0.05) is 59.9 Å². The van der Waals surface area contributed by atoms with Gasteiger partial charge in [0.2, 0.25) is 0 Å². The Bertz CT molecular complexity index is 1760. The molecule has 3 aromatic carbocycles. The van der Waals surface area contributed by atoms with E-state index in [1.54, 1.807) is 44.4 Å². The lowest BCUT2D eigenvalue weighted by Gasteiger charge is -2.25. The van der Waals surface area contributed by atoms with Crippen molar-refractivity contribution in [2.24, 2.45) is 4.99 Å². The van der Waals surface area contributed by atoms with E-state index < -0.39 is 17.8 Å². The molecule has 7 nitrogen and oxygen atoms in total. The summed E-state index contributed by atoms with van der Waals surface area (Å²) in [6, 6.07) is 19.6. The minimum Gasteiger partial charge on any atom is -0.493 e. The van der Waals surface area contributed by atoms with Gasteiger partial charge in [0.15, 0.2) is 16.3 Å². The van der Waals surface area contributed by atoms with Gasteiger partial charge in [-0.2, -0.15) is 0 Å². The molecule has 9 heteroatoms. The molecule has 1 aliphatic rings. The first-order valence-corrected chi connectivity index (χ1v) is 13.6. The first-order chi connectivity index (χ1) is 19.4. The molecule has 2 heterocycles. The van der Waals surface area contributed by atoms with E-state index >= 15 is 0 Å². The summed E-state index contributed by atoms with van der Waals surface area (Å²) in [7, 11) is 1.57. The monoisotopic (exact) mass is 558 g/mol. The Morgan fingerprint density at radius 3 is 2.45 bits per heavy atom. The van der Waals surface area contributed by atoms with Crippen LogP contribution in [0.3, 0.4) is 0 Å². The van der Waals surface area contributed by atoms with Crippen molar-refractivity contribution in [3.8, 4) is 11.5 Å². The highest BCUT2D eigenvalue weighted by Gasteiger charge is 2.35. The molecule has 0 N–H and O–H groups in total. The van der Waals surface area contributed by atoms with Crippen LogP contribution in [-0.2, 0) is 9.53 Å². The van der Waals surface area contributed by atoms with Crippen molar-refractivity contribution in [1.29, 1.82) is 0 Å². The van der Waals surface area contributed by atoms with Gasteiger partial charge in [0, 0.05) is 5.56 Å². The Balaban J connectivity index is 1.78. The summed E-state index contributed by atoms with van der Waals surface area (Å²) < 4.78 is 32.3. The summed E-state index contributed by atoms with van der Waals surface area (Å²) >= 11 is 1.21. The fraction of sp³-hybridized carbons (Fsp3) is 0.194. The summed E-state index contributed by atoms with van der Waals surface area (Å²) in [4.78, 5) is 32.6. The largest absolute Gasteiger partial charge is 0.493 e. The predicted molar refractivity (Wildman–Crippen MR) is 152 cm³/mol. The highest BCUT2D eigenvalue weighted by molar-refractivity contribution is 7.07. The summed E-state index contributed by atoms with van der Waals surface area (Å²) in [5.74, 6) is 0.131. The Labute approximate surface area is 234 Å². The molecule has 0 spiro atoms. The number of fused-ring (bicyclic) bond motifs is 1. The Kier molecular flexibility index (Phi) is 7.93. The second-order valence-electron chi connectivity index (χ2n) is 8.83. The molecule has 1 unspecified atom stereocenters. The Morgan fingerprint density at radius 2 is 1.77 bits per heavy atom. The van der Waals surface area contributed by atoms with E-state index in [4.69, 9.17) is 19.2 Å². The molecule has 0 saturated carbocycles. The van der Waals surface area contributed by atoms with E-state index in [-0.39, 0.29) is 17.7 Å². The zero-order valence-corrected chi connectivity index (χ0v) is 23.0. The quantitative estimate of drug-likeness (QED) is 0.298. The summed E-state index contributed by atoms with van der Waals surface area (Å²) in [6.07, 6.45) is 1.75. The maximum absolute atomic E-state index is 13.9. The van der Waals surface area contributed by atoms with Crippen LogP contribution in [0.25, 0.3) is 11.8 Å². The second kappa shape index (κ2) is 11.7. The van der Waals surface area contributed by atoms with Crippen molar-refractivity contribution in [2.45, 2.75) is 19.9 Å². The summed E-state index contributed by atoms with van der Waals surface area (Å²) in [5, 5.41) is 0. The van der Waals surface area contributed by atoms with E-state index in [2.05, 4.69) is 0 Å². The van der Waals surface area contributed by atoms with Gasteiger partial charge in [0.1, 0.15) is 5.82 Å².